The Morgan fingerprint density at radius 1 is 0.344 bits per heavy atom. The summed E-state index contributed by atoms with van der Waals surface area (Å²) in [4.78, 5) is 0. The molecule has 2 aliphatic carbocycles. The van der Waals surface area contributed by atoms with Crippen LogP contribution in [0.3, 0.4) is 0 Å². The lowest BCUT2D eigenvalue weighted by Gasteiger charge is -2.49. The van der Waals surface area contributed by atoms with Crippen LogP contribution in [0.1, 0.15) is 201 Å². The fraction of sp³-hybridized carbons (Fsp3) is 1.00. The molecule has 2 rings (SSSR count). The summed E-state index contributed by atoms with van der Waals surface area (Å²) in [5, 5.41) is -0.316. The van der Waals surface area contributed by atoms with Gasteiger partial charge in [0.1, 0.15) is 0 Å². The summed E-state index contributed by atoms with van der Waals surface area (Å²) in [6, 6.07) is 0. The first-order valence-electron chi connectivity index (χ1n) is 34.8. The molecule has 2 aliphatic rings. The highest BCUT2D eigenvalue weighted by Gasteiger charge is 2.60. The topological polar surface area (TPSA) is 111 Å². The van der Waals surface area contributed by atoms with Crippen LogP contribution in [-0.2, 0) is 53.1 Å². The molecule has 0 radical (unpaired) electrons. The zero-order valence-corrected chi connectivity index (χ0v) is 72.7. The zero-order valence-electron chi connectivity index (χ0n) is 58.3. The van der Waals surface area contributed by atoms with E-state index in [2.05, 4.69) is 111 Å². The minimum Gasteiger partial charge on any atom is -0.374 e. The zero-order chi connectivity index (χ0) is 67.5. The number of rotatable bonds is 55. The van der Waals surface area contributed by atoms with Crippen molar-refractivity contribution in [3.8, 4) is 0 Å². The molecular weight excluding hydrogens is 1430 g/mol. The quantitative estimate of drug-likeness (QED) is 0.0128. The van der Waals surface area contributed by atoms with E-state index in [-0.39, 0.29) is 76.0 Å². The van der Waals surface area contributed by atoms with E-state index in [0.717, 1.165) is 101 Å². The second kappa shape index (κ2) is 50.1. The van der Waals surface area contributed by atoms with Gasteiger partial charge in [0.2, 0.25) is 0 Å². The SMILES string of the molecule is CCCC(S)C(S)C(S)C(S)CC(C1CC(C(C)[Si](OCC)(OCC)OCC)CCC1CCSSSSCCC1CCC(C(C)[Si](OCC)(OCC)OCC)CC1C(CC(S)C(S)C(S)C(S)CCC)[Si](OCC)(OCC)OCC)[Si](OCC)(OCC)OCC. The molecule has 90 heavy (non-hydrogen) atoms. The van der Waals surface area contributed by atoms with Crippen LogP contribution in [0.4, 0.5) is 0 Å². The minimum atomic E-state index is -3.35. The lowest BCUT2D eigenvalue weighted by atomic mass is 9.70. The highest BCUT2D eigenvalue weighted by atomic mass is 33.7. The minimum absolute atomic E-state index is 0.0256. The lowest BCUT2D eigenvalue weighted by molar-refractivity contribution is 0.0264. The van der Waals surface area contributed by atoms with Gasteiger partial charge in [-0.3, -0.25) is 0 Å². The molecule has 18 unspecified atom stereocenters. The molecule has 28 heteroatoms. The van der Waals surface area contributed by atoms with Crippen molar-refractivity contribution in [2.24, 2.45) is 35.5 Å². The molecule has 0 saturated heterocycles. The summed E-state index contributed by atoms with van der Waals surface area (Å²) >= 11 is 41.8. The average Bonchev–Trinajstić information content (AvgIpc) is 0.816. The molecule has 0 N–H and O–H groups in total. The van der Waals surface area contributed by atoms with Crippen LogP contribution in [0.25, 0.3) is 0 Å². The van der Waals surface area contributed by atoms with Crippen LogP contribution in [-0.4, -0.2) is 168 Å². The molecule has 2 fully saturated rings. The van der Waals surface area contributed by atoms with Crippen LogP contribution < -0.4 is 0 Å². The van der Waals surface area contributed by atoms with Crippen molar-refractivity contribution in [1.82, 2.24) is 0 Å². The van der Waals surface area contributed by atoms with Crippen molar-refractivity contribution in [3.05, 3.63) is 0 Å². The van der Waals surface area contributed by atoms with Crippen LogP contribution in [0.15, 0.2) is 0 Å². The van der Waals surface area contributed by atoms with Crippen molar-refractivity contribution in [3.63, 3.8) is 0 Å². The second-order valence-corrected chi connectivity index (χ2v) is 46.9. The maximum absolute atomic E-state index is 6.96. The molecule has 12 nitrogen and oxygen atoms in total. The first-order valence-corrected chi connectivity index (χ1v) is 51.3. The molecule has 0 heterocycles. The third-order valence-electron chi connectivity index (χ3n) is 18.5. The summed E-state index contributed by atoms with van der Waals surface area (Å²) in [5.74, 6) is 3.90. The highest BCUT2D eigenvalue weighted by Crippen LogP contribution is 2.57. The van der Waals surface area contributed by atoms with Gasteiger partial charge in [-0.2, -0.15) is 101 Å². The monoisotopic (exact) mass is 1560 g/mol. The summed E-state index contributed by atoms with van der Waals surface area (Å²) in [6.07, 6.45) is 13.8. The third kappa shape index (κ3) is 27.7. The normalized spacial score (nSPS) is 24.0. The van der Waals surface area contributed by atoms with Gasteiger partial charge in [-0.15, -0.1) is 0 Å². The van der Waals surface area contributed by atoms with Gasteiger partial charge in [0, 0.05) is 155 Å². The van der Waals surface area contributed by atoms with Gasteiger partial charge < -0.3 is 53.1 Å². The molecule has 0 aliphatic heterocycles. The smallest absolute Gasteiger partial charge is 0.374 e. The van der Waals surface area contributed by atoms with E-state index < -0.39 is 35.2 Å². The Hall–Kier alpha value is 4.59. The molecule has 0 aromatic rings. The molecule has 18 atom stereocenters. The Bertz CT molecular complexity index is 1610. The molecule has 0 aromatic carbocycles. The second-order valence-electron chi connectivity index (χ2n) is 24.0. The van der Waals surface area contributed by atoms with Crippen LogP contribution >= 0.6 is 142 Å². The Labute approximate surface area is 615 Å². The Kier molecular flexibility index (Phi) is 50.4. The Morgan fingerprint density at radius 2 is 0.589 bits per heavy atom. The standard InChI is InChI=1S/C62H130O12S12Si4/c1-17-31-53(75)59(79)61(81)55(77)43-57(89(69-25-9,70-26-10)71-27-11)51-41-49(45(15)87(63-19-3,64-20-4)65-21-5)35-33-47(51)37-39-83-85-86-84-40-38-48-34-36-50(46(16)88(66-22-6,67-23-7)68-24-8)42-52(48)58(90(72-28-12,73-29-13)74-30-14)44-56(78)62(82)60(80)54(76)32-18-2/h45-62,75-82H,17-44H2,1-16H3. The van der Waals surface area contributed by atoms with E-state index in [1.807, 2.05) is 41.2 Å². The van der Waals surface area contributed by atoms with Gasteiger partial charge in [0.15, 0.2) is 0 Å². The van der Waals surface area contributed by atoms with Gasteiger partial charge >= 0.3 is 35.2 Å². The first kappa shape index (κ1) is 90.7. The Morgan fingerprint density at radius 3 is 0.833 bits per heavy atom. The van der Waals surface area contributed by atoms with Crippen LogP contribution in [0.5, 0.6) is 0 Å². The summed E-state index contributed by atoms with van der Waals surface area (Å²) < 4.78 is 81.6. The third-order valence-corrected chi connectivity index (χ3v) is 46.0. The fourth-order valence-corrected chi connectivity index (χ4v) is 38.2. The van der Waals surface area contributed by atoms with E-state index in [4.69, 9.17) is 154 Å². The van der Waals surface area contributed by atoms with Crippen molar-refractivity contribution in [2.45, 2.75) is 265 Å². The molecular formula is C62H130O12S12Si4. The largest absolute Gasteiger partial charge is 0.504 e. The van der Waals surface area contributed by atoms with E-state index in [9.17, 15) is 0 Å². The molecule has 538 valence electrons. The summed E-state index contributed by atoms with van der Waals surface area (Å²) in [5.41, 5.74) is 0.145. The van der Waals surface area contributed by atoms with Crippen molar-refractivity contribution in [1.29, 1.82) is 0 Å². The fourth-order valence-electron chi connectivity index (χ4n) is 14.4. The molecule has 2 saturated carbocycles. The Balaban J connectivity index is 2.62. The molecule has 0 amide bonds. The van der Waals surface area contributed by atoms with Crippen LogP contribution in [0.2, 0.25) is 22.2 Å². The maximum atomic E-state index is 6.96. The van der Waals surface area contributed by atoms with Gasteiger partial charge in [-0.1, -0.05) is 62.1 Å². The van der Waals surface area contributed by atoms with Gasteiger partial charge in [0.25, 0.3) is 0 Å². The summed E-state index contributed by atoms with van der Waals surface area (Å²) in [6.45, 7) is 40.1. The van der Waals surface area contributed by atoms with E-state index in [1.165, 1.54) is 0 Å². The number of hydrogen-bond acceptors (Lipinski definition) is 24. The maximum Gasteiger partial charge on any atom is 0.504 e. The predicted molar refractivity (Wildman–Crippen MR) is 428 cm³/mol. The van der Waals surface area contributed by atoms with E-state index >= 15 is 0 Å². The van der Waals surface area contributed by atoms with Crippen molar-refractivity contribution < 1.29 is 53.1 Å². The van der Waals surface area contributed by atoms with Crippen molar-refractivity contribution >= 4 is 177 Å². The number of hydrogen-bond donors (Lipinski definition) is 8. The number of thiol groups is 8. The highest BCUT2D eigenvalue weighted by molar-refractivity contribution is 9.26. The summed E-state index contributed by atoms with van der Waals surface area (Å²) in [7, 11) is -5.02. The van der Waals surface area contributed by atoms with E-state index in [0.29, 0.717) is 103 Å². The first-order chi connectivity index (χ1) is 43.1. The molecule has 0 aromatic heterocycles. The van der Waals surface area contributed by atoms with Gasteiger partial charge in [-0.05, 0) is 215 Å². The molecule has 0 spiro atoms. The van der Waals surface area contributed by atoms with Gasteiger partial charge in [-0.25, -0.2) is 0 Å². The van der Waals surface area contributed by atoms with E-state index in [1.54, 1.807) is 0 Å². The van der Waals surface area contributed by atoms with Crippen LogP contribution in [0, 0.1) is 35.5 Å². The lowest BCUT2D eigenvalue weighted by Crippen LogP contribution is -2.56. The molecule has 0 bridgehead atoms. The average molecular weight is 1560 g/mol. The van der Waals surface area contributed by atoms with Gasteiger partial charge in [0.05, 0.1) is 0 Å². The predicted octanol–water partition coefficient (Wildman–Crippen LogP) is 19.0. The van der Waals surface area contributed by atoms with Crippen molar-refractivity contribution in [2.75, 3.05) is 90.8 Å².